The van der Waals surface area contributed by atoms with E-state index in [0.29, 0.717) is 0 Å². The van der Waals surface area contributed by atoms with E-state index in [1.165, 1.54) is 5.56 Å². The molecule has 0 spiro atoms. The highest BCUT2D eigenvalue weighted by Crippen LogP contribution is 2.20. The monoisotopic (exact) mass is 253 g/mol. The van der Waals surface area contributed by atoms with E-state index in [1.807, 2.05) is 17.9 Å². The Morgan fingerprint density at radius 3 is 2.94 bits per heavy atom. The predicted molar refractivity (Wildman–Crippen MR) is 69.4 cm³/mol. The van der Waals surface area contributed by atoms with Gasteiger partial charge in [-0.3, -0.25) is 9.58 Å². The van der Waals surface area contributed by atoms with Crippen LogP contribution in [0, 0.1) is 0 Å². The number of nitrogens with zero attached hydrogens (tertiary/aromatic N) is 3. The first-order valence-electron chi connectivity index (χ1n) is 6.47. The third-order valence-corrected chi connectivity index (χ3v) is 3.23. The fourth-order valence-corrected chi connectivity index (χ4v) is 2.57. The second kappa shape index (κ2) is 5.38. The number of morpholine rings is 1. The van der Waals surface area contributed by atoms with Gasteiger partial charge in [0, 0.05) is 32.9 Å². The van der Waals surface area contributed by atoms with Gasteiger partial charge >= 0.3 is 0 Å². The summed E-state index contributed by atoms with van der Waals surface area (Å²) >= 11 is 0. The summed E-state index contributed by atoms with van der Waals surface area (Å²) in [6, 6.07) is 0. The molecule has 0 saturated carbocycles. The second-order valence-electron chi connectivity index (χ2n) is 5.69. The van der Waals surface area contributed by atoms with E-state index < -0.39 is 0 Å². The average molecular weight is 253 g/mol. The third-order valence-electron chi connectivity index (χ3n) is 3.23. The Labute approximate surface area is 108 Å². The van der Waals surface area contributed by atoms with Gasteiger partial charge in [-0.15, -0.1) is 0 Å². The summed E-state index contributed by atoms with van der Waals surface area (Å²) in [5.41, 5.74) is 1.07. The zero-order valence-corrected chi connectivity index (χ0v) is 11.5. The Morgan fingerprint density at radius 2 is 2.33 bits per heavy atom. The fourth-order valence-electron chi connectivity index (χ4n) is 2.57. The number of rotatable bonds is 4. The second-order valence-corrected chi connectivity index (χ2v) is 5.69. The van der Waals surface area contributed by atoms with Gasteiger partial charge < -0.3 is 9.84 Å². The lowest BCUT2D eigenvalue weighted by Gasteiger charge is -2.42. The van der Waals surface area contributed by atoms with Crippen LogP contribution in [0.4, 0.5) is 0 Å². The Morgan fingerprint density at radius 1 is 1.56 bits per heavy atom. The summed E-state index contributed by atoms with van der Waals surface area (Å²) in [4.78, 5) is 2.36. The molecule has 0 radical (unpaired) electrons. The normalized spacial score (nSPS) is 24.3. The van der Waals surface area contributed by atoms with E-state index in [4.69, 9.17) is 4.74 Å². The van der Waals surface area contributed by atoms with Gasteiger partial charge in [0.05, 0.1) is 24.5 Å². The molecule has 0 aliphatic carbocycles. The molecular weight excluding hydrogens is 230 g/mol. The lowest BCUT2D eigenvalue weighted by molar-refractivity contribution is -0.148. The van der Waals surface area contributed by atoms with E-state index in [0.717, 1.165) is 26.1 Å². The summed E-state index contributed by atoms with van der Waals surface area (Å²) in [6.07, 6.45) is 4.88. The van der Waals surface area contributed by atoms with Gasteiger partial charge in [-0.1, -0.05) is 0 Å². The summed E-state index contributed by atoms with van der Waals surface area (Å²) in [5, 5.41) is 13.4. The van der Waals surface area contributed by atoms with Gasteiger partial charge in [-0.25, -0.2) is 0 Å². The van der Waals surface area contributed by atoms with Crippen molar-refractivity contribution in [2.75, 3.05) is 26.2 Å². The van der Waals surface area contributed by atoms with Crippen LogP contribution >= 0.6 is 0 Å². The number of ether oxygens (including phenoxy) is 1. The molecule has 1 aliphatic heterocycles. The molecule has 1 aromatic heterocycles. The minimum absolute atomic E-state index is 0.0670. The Kier molecular flexibility index (Phi) is 4.04. The first kappa shape index (κ1) is 13.5. The molecule has 0 amide bonds. The highest BCUT2D eigenvalue weighted by Gasteiger charge is 2.32. The van der Waals surface area contributed by atoms with Gasteiger partial charge in [0.1, 0.15) is 0 Å². The minimum Gasteiger partial charge on any atom is -0.394 e. The Hall–Kier alpha value is -0.910. The van der Waals surface area contributed by atoms with Crippen molar-refractivity contribution in [1.82, 2.24) is 14.7 Å². The SMILES string of the molecule is Cn1cc(CCN2CC(CO)OC(C)(C)C2)cn1. The fraction of sp³-hybridized carbons (Fsp3) is 0.769. The van der Waals surface area contributed by atoms with Crippen LogP contribution in [0.3, 0.4) is 0 Å². The van der Waals surface area contributed by atoms with Crippen LogP contribution in [0.25, 0.3) is 0 Å². The summed E-state index contributed by atoms with van der Waals surface area (Å²) in [7, 11) is 1.93. The zero-order chi connectivity index (χ0) is 13.2. The number of hydrogen-bond acceptors (Lipinski definition) is 4. The topological polar surface area (TPSA) is 50.5 Å². The van der Waals surface area contributed by atoms with Crippen molar-refractivity contribution >= 4 is 0 Å². The van der Waals surface area contributed by atoms with Gasteiger partial charge in [0.25, 0.3) is 0 Å². The van der Waals surface area contributed by atoms with Crippen LogP contribution < -0.4 is 0 Å². The molecule has 0 aromatic carbocycles. The van der Waals surface area contributed by atoms with Gasteiger partial charge in [-0.2, -0.15) is 5.10 Å². The number of aromatic nitrogens is 2. The summed E-state index contributed by atoms with van der Waals surface area (Å²) < 4.78 is 7.63. The van der Waals surface area contributed by atoms with E-state index in [-0.39, 0.29) is 18.3 Å². The first-order valence-corrected chi connectivity index (χ1v) is 6.47. The quantitative estimate of drug-likeness (QED) is 0.845. The maximum atomic E-state index is 9.26. The molecule has 1 fully saturated rings. The molecule has 0 bridgehead atoms. The summed E-state index contributed by atoms with van der Waals surface area (Å²) in [6.45, 7) is 6.93. The smallest absolute Gasteiger partial charge is 0.0940 e. The molecule has 1 N–H and O–H groups in total. The first-order chi connectivity index (χ1) is 8.48. The summed E-state index contributed by atoms with van der Waals surface area (Å²) in [5.74, 6) is 0. The predicted octanol–water partition coefficient (Wildman–Crippen LogP) is 0.434. The van der Waals surface area contributed by atoms with Crippen molar-refractivity contribution in [2.45, 2.75) is 32.0 Å². The van der Waals surface area contributed by atoms with Crippen molar-refractivity contribution in [2.24, 2.45) is 7.05 Å². The lowest BCUT2D eigenvalue weighted by atomic mass is 10.0. The van der Waals surface area contributed by atoms with Gasteiger partial charge in [0.15, 0.2) is 0 Å². The van der Waals surface area contributed by atoms with Crippen LogP contribution in [-0.2, 0) is 18.2 Å². The Bertz CT molecular complexity index is 389. The number of aliphatic hydroxyl groups excluding tert-OH is 1. The lowest BCUT2D eigenvalue weighted by Crippen LogP contribution is -2.54. The minimum atomic E-state index is -0.180. The largest absolute Gasteiger partial charge is 0.394 e. The number of aliphatic hydroxyl groups is 1. The molecule has 5 heteroatoms. The van der Waals surface area contributed by atoms with E-state index in [9.17, 15) is 5.11 Å². The van der Waals surface area contributed by atoms with Gasteiger partial charge in [-0.05, 0) is 25.8 Å². The van der Waals surface area contributed by atoms with E-state index in [2.05, 4.69) is 30.0 Å². The highest BCUT2D eigenvalue weighted by molar-refractivity contribution is 5.04. The van der Waals surface area contributed by atoms with E-state index >= 15 is 0 Å². The zero-order valence-electron chi connectivity index (χ0n) is 11.5. The maximum absolute atomic E-state index is 9.26. The highest BCUT2D eigenvalue weighted by atomic mass is 16.5. The van der Waals surface area contributed by atoms with E-state index in [1.54, 1.807) is 0 Å². The molecule has 1 aromatic rings. The molecule has 2 rings (SSSR count). The van der Waals surface area contributed by atoms with Crippen LogP contribution in [0.15, 0.2) is 12.4 Å². The molecule has 18 heavy (non-hydrogen) atoms. The van der Waals surface area contributed by atoms with Crippen molar-refractivity contribution < 1.29 is 9.84 Å². The van der Waals surface area contributed by atoms with Crippen LogP contribution in [0.1, 0.15) is 19.4 Å². The molecule has 1 aliphatic rings. The van der Waals surface area contributed by atoms with Gasteiger partial charge in [0.2, 0.25) is 0 Å². The van der Waals surface area contributed by atoms with Crippen molar-refractivity contribution in [3.8, 4) is 0 Å². The molecule has 1 atom stereocenters. The van der Waals surface area contributed by atoms with Crippen LogP contribution in [-0.4, -0.2) is 57.7 Å². The van der Waals surface area contributed by atoms with Crippen molar-refractivity contribution in [3.63, 3.8) is 0 Å². The van der Waals surface area contributed by atoms with Crippen LogP contribution in [0.5, 0.6) is 0 Å². The molecule has 102 valence electrons. The third kappa shape index (κ3) is 3.54. The number of aryl methyl sites for hydroxylation is 1. The Balaban J connectivity index is 1.88. The van der Waals surface area contributed by atoms with Crippen molar-refractivity contribution in [3.05, 3.63) is 18.0 Å². The average Bonchev–Trinajstić information content (AvgIpc) is 2.70. The standard InChI is InChI=1S/C13H23N3O2/c1-13(2)10-16(8-12(9-17)18-13)5-4-11-6-14-15(3)7-11/h6-7,12,17H,4-5,8-10H2,1-3H3. The van der Waals surface area contributed by atoms with Crippen LogP contribution in [0.2, 0.25) is 0 Å². The molecule has 1 saturated heterocycles. The molecule has 2 heterocycles. The molecule has 5 nitrogen and oxygen atoms in total. The maximum Gasteiger partial charge on any atom is 0.0940 e. The molecule has 1 unspecified atom stereocenters. The molecular formula is C13H23N3O2. The van der Waals surface area contributed by atoms with Crippen molar-refractivity contribution in [1.29, 1.82) is 0 Å². The number of hydrogen-bond donors (Lipinski definition) is 1.